The predicted molar refractivity (Wildman–Crippen MR) is 98.6 cm³/mol. The van der Waals surface area contributed by atoms with Crippen molar-refractivity contribution in [2.45, 2.75) is 46.7 Å². The maximum absolute atomic E-state index is 4.77. The molecule has 1 aromatic heterocycles. The summed E-state index contributed by atoms with van der Waals surface area (Å²) in [6.45, 7) is 10.0. The van der Waals surface area contributed by atoms with Crippen molar-refractivity contribution in [2.24, 2.45) is 10.9 Å². The molecule has 1 aliphatic rings. The number of hydrogen-bond acceptors (Lipinski definition) is 2. The van der Waals surface area contributed by atoms with Gasteiger partial charge in [-0.05, 0) is 45.2 Å². The van der Waals surface area contributed by atoms with Crippen molar-refractivity contribution in [1.29, 1.82) is 0 Å². The molecule has 2 aromatic rings. The van der Waals surface area contributed by atoms with Crippen LogP contribution >= 0.6 is 0 Å². The fourth-order valence-electron chi connectivity index (χ4n) is 2.90. The Labute approximate surface area is 144 Å². The number of rotatable bonds is 5. The molecular weight excluding hydrogens is 298 g/mol. The lowest BCUT2D eigenvalue weighted by atomic mass is 10.2. The molecule has 2 N–H and O–H groups in total. The van der Waals surface area contributed by atoms with Crippen molar-refractivity contribution in [2.75, 3.05) is 6.54 Å². The summed E-state index contributed by atoms with van der Waals surface area (Å²) >= 11 is 0. The molecule has 1 fully saturated rings. The van der Waals surface area contributed by atoms with Crippen molar-refractivity contribution >= 4 is 5.96 Å². The van der Waals surface area contributed by atoms with E-state index in [9.17, 15) is 0 Å². The third-order valence-corrected chi connectivity index (χ3v) is 4.61. The standard InChI is InChI=1S/C19H27N5/c1-5-20-19(22-18-11-13(18)2)21-12-17-14(3)23-24(15(17)4)16-9-7-6-8-10-16/h6-10,13,18H,5,11-12H2,1-4H3,(H2,20,21,22). The molecule has 0 amide bonds. The first-order valence-corrected chi connectivity index (χ1v) is 8.75. The first-order chi connectivity index (χ1) is 11.6. The van der Waals surface area contributed by atoms with E-state index in [0.717, 1.165) is 35.5 Å². The Morgan fingerprint density at radius 2 is 2.00 bits per heavy atom. The minimum Gasteiger partial charge on any atom is -0.357 e. The van der Waals surface area contributed by atoms with Crippen LogP contribution in [-0.2, 0) is 6.54 Å². The van der Waals surface area contributed by atoms with Crippen LogP contribution in [0, 0.1) is 19.8 Å². The summed E-state index contributed by atoms with van der Waals surface area (Å²) in [4.78, 5) is 4.77. The van der Waals surface area contributed by atoms with Crippen LogP contribution in [0.15, 0.2) is 35.3 Å². The maximum Gasteiger partial charge on any atom is 0.191 e. The molecule has 0 radical (unpaired) electrons. The number of hydrogen-bond donors (Lipinski definition) is 2. The lowest BCUT2D eigenvalue weighted by molar-refractivity contribution is 0.765. The van der Waals surface area contributed by atoms with E-state index in [1.54, 1.807) is 0 Å². The first kappa shape index (κ1) is 16.6. The van der Waals surface area contributed by atoms with Crippen molar-refractivity contribution in [3.05, 3.63) is 47.3 Å². The average Bonchev–Trinajstić information content (AvgIpc) is 3.19. The van der Waals surface area contributed by atoms with Crippen molar-refractivity contribution in [1.82, 2.24) is 20.4 Å². The molecule has 0 spiro atoms. The van der Waals surface area contributed by atoms with Crippen LogP contribution in [0.4, 0.5) is 0 Å². The Kier molecular flexibility index (Phi) is 4.88. The third kappa shape index (κ3) is 3.61. The van der Waals surface area contributed by atoms with Gasteiger partial charge in [0, 0.05) is 23.8 Å². The van der Waals surface area contributed by atoms with E-state index >= 15 is 0 Å². The SMILES string of the molecule is CCNC(=NCc1c(C)nn(-c2ccccc2)c1C)NC1CC1C. The monoisotopic (exact) mass is 325 g/mol. The average molecular weight is 325 g/mol. The second kappa shape index (κ2) is 7.07. The summed E-state index contributed by atoms with van der Waals surface area (Å²) in [5, 5.41) is 11.5. The maximum atomic E-state index is 4.77. The zero-order valence-electron chi connectivity index (χ0n) is 15.0. The molecule has 0 bridgehead atoms. The van der Waals surface area contributed by atoms with Gasteiger partial charge >= 0.3 is 0 Å². The highest BCUT2D eigenvalue weighted by molar-refractivity contribution is 5.80. The molecule has 1 aliphatic carbocycles. The van der Waals surface area contributed by atoms with Crippen molar-refractivity contribution in [3.63, 3.8) is 0 Å². The van der Waals surface area contributed by atoms with E-state index in [4.69, 9.17) is 10.1 Å². The minimum absolute atomic E-state index is 0.567. The number of aromatic nitrogens is 2. The number of guanidine groups is 1. The van der Waals surface area contributed by atoms with Crippen LogP contribution < -0.4 is 10.6 Å². The van der Waals surface area contributed by atoms with E-state index < -0.39 is 0 Å². The van der Waals surface area contributed by atoms with E-state index in [-0.39, 0.29) is 0 Å². The Bertz CT molecular complexity index is 717. The summed E-state index contributed by atoms with van der Waals surface area (Å²) in [5.74, 6) is 1.65. The van der Waals surface area contributed by atoms with Gasteiger partial charge in [0.15, 0.2) is 5.96 Å². The zero-order valence-corrected chi connectivity index (χ0v) is 15.0. The quantitative estimate of drug-likeness (QED) is 0.656. The number of aliphatic imine (C=N–C) groups is 1. The van der Waals surface area contributed by atoms with Gasteiger partial charge in [0.05, 0.1) is 17.9 Å². The van der Waals surface area contributed by atoms with E-state index in [1.807, 2.05) is 22.9 Å². The molecule has 5 heteroatoms. The molecule has 0 saturated heterocycles. The summed E-state index contributed by atoms with van der Waals surface area (Å²) in [5.41, 5.74) is 4.47. The molecule has 1 aromatic carbocycles. The van der Waals surface area contributed by atoms with Gasteiger partial charge in [0.25, 0.3) is 0 Å². The van der Waals surface area contributed by atoms with E-state index in [0.29, 0.717) is 12.6 Å². The second-order valence-corrected chi connectivity index (χ2v) is 6.56. The Morgan fingerprint density at radius 1 is 1.29 bits per heavy atom. The highest BCUT2D eigenvalue weighted by Crippen LogP contribution is 2.28. The molecule has 0 aliphatic heterocycles. The Balaban J connectivity index is 1.79. The van der Waals surface area contributed by atoms with Crippen LogP contribution in [0.2, 0.25) is 0 Å². The van der Waals surface area contributed by atoms with Gasteiger partial charge in [-0.2, -0.15) is 5.10 Å². The van der Waals surface area contributed by atoms with Crippen LogP contribution in [0.5, 0.6) is 0 Å². The highest BCUT2D eigenvalue weighted by atomic mass is 15.3. The molecule has 2 atom stereocenters. The van der Waals surface area contributed by atoms with Gasteiger partial charge in [-0.25, -0.2) is 9.67 Å². The van der Waals surface area contributed by atoms with Crippen molar-refractivity contribution in [3.8, 4) is 5.69 Å². The number of benzene rings is 1. The summed E-state index contributed by atoms with van der Waals surface area (Å²) in [6, 6.07) is 10.8. The van der Waals surface area contributed by atoms with Crippen molar-refractivity contribution < 1.29 is 0 Å². The van der Waals surface area contributed by atoms with Crippen LogP contribution in [0.3, 0.4) is 0 Å². The fourth-order valence-corrected chi connectivity index (χ4v) is 2.90. The van der Waals surface area contributed by atoms with Gasteiger partial charge in [-0.15, -0.1) is 0 Å². The summed E-state index contributed by atoms with van der Waals surface area (Å²) in [6.07, 6.45) is 1.23. The number of para-hydroxylation sites is 1. The smallest absolute Gasteiger partial charge is 0.191 e. The molecule has 5 nitrogen and oxygen atoms in total. The molecule has 2 unspecified atom stereocenters. The van der Waals surface area contributed by atoms with Gasteiger partial charge in [-0.1, -0.05) is 25.1 Å². The number of nitrogens with zero attached hydrogens (tertiary/aromatic N) is 3. The normalized spacial score (nSPS) is 20.1. The first-order valence-electron chi connectivity index (χ1n) is 8.75. The van der Waals surface area contributed by atoms with E-state index in [2.05, 4.69) is 50.5 Å². The van der Waals surface area contributed by atoms with Gasteiger partial charge in [-0.3, -0.25) is 0 Å². The van der Waals surface area contributed by atoms with Crippen LogP contribution in [-0.4, -0.2) is 28.3 Å². The van der Waals surface area contributed by atoms with Gasteiger partial charge in [0.2, 0.25) is 0 Å². The molecule has 3 rings (SSSR count). The Hall–Kier alpha value is -2.30. The molecular formula is C19H27N5. The molecule has 1 saturated carbocycles. The van der Waals surface area contributed by atoms with E-state index in [1.165, 1.54) is 12.0 Å². The lowest BCUT2D eigenvalue weighted by Gasteiger charge is -2.11. The molecule has 1 heterocycles. The lowest BCUT2D eigenvalue weighted by Crippen LogP contribution is -2.39. The number of aryl methyl sites for hydroxylation is 1. The molecule has 24 heavy (non-hydrogen) atoms. The topological polar surface area (TPSA) is 54.2 Å². The van der Waals surface area contributed by atoms with Crippen LogP contribution in [0.25, 0.3) is 5.69 Å². The van der Waals surface area contributed by atoms with Gasteiger partial charge < -0.3 is 10.6 Å². The molecule has 128 valence electrons. The summed E-state index contributed by atoms with van der Waals surface area (Å²) < 4.78 is 2.00. The zero-order chi connectivity index (χ0) is 17.1. The minimum atomic E-state index is 0.567. The van der Waals surface area contributed by atoms with Gasteiger partial charge in [0.1, 0.15) is 0 Å². The second-order valence-electron chi connectivity index (χ2n) is 6.56. The largest absolute Gasteiger partial charge is 0.357 e. The fraction of sp³-hybridized carbons (Fsp3) is 0.474. The Morgan fingerprint density at radius 3 is 2.62 bits per heavy atom. The third-order valence-electron chi connectivity index (χ3n) is 4.61. The summed E-state index contributed by atoms with van der Waals surface area (Å²) in [7, 11) is 0. The highest BCUT2D eigenvalue weighted by Gasteiger charge is 2.33. The van der Waals surface area contributed by atoms with Crippen LogP contribution in [0.1, 0.15) is 37.2 Å². The number of nitrogens with one attached hydrogen (secondary N) is 2. The predicted octanol–water partition coefficient (Wildman–Crippen LogP) is 2.95.